The van der Waals surface area contributed by atoms with E-state index in [2.05, 4.69) is 17.1 Å². The number of aromatic nitrogens is 1. The fraction of sp³-hybridized carbons (Fsp3) is 0.364. The standard InChI is InChI=1S/C22H22N2O3/c25-22(18-5-6-20-21(10-18)27-14-26-20)24(12-16-2-1-7-23-11-16)13-19-9-15-3-4-17(19)8-15/h1-7,10-11,15,17,19H,8-9,12-14H2/t15-,17+,19-/m1/s1. The second-order valence-electron chi connectivity index (χ2n) is 7.66. The van der Waals surface area contributed by atoms with E-state index >= 15 is 0 Å². The van der Waals surface area contributed by atoms with Gasteiger partial charge in [0.15, 0.2) is 11.5 Å². The first-order valence-corrected chi connectivity index (χ1v) is 9.52. The van der Waals surface area contributed by atoms with E-state index in [1.807, 2.05) is 35.4 Å². The van der Waals surface area contributed by atoms with E-state index in [9.17, 15) is 4.79 Å². The fourth-order valence-corrected chi connectivity index (χ4v) is 4.53. The third-order valence-corrected chi connectivity index (χ3v) is 5.87. The Morgan fingerprint density at radius 2 is 2.07 bits per heavy atom. The monoisotopic (exact) mass is 362 g/mol. The predicted octanol–water partition coefficient (Wildman–Crippen LogP) is 3.66. The van der Waals surface area contributed by atoms with Crippen LogP contribution in [0.15, 0.2) is 54.9 Å². The Bertz CT molecular complexity index is 880. The summed E-state index contributed by atoms with van der Waals surface area (Å²) in [6.07, 6.45) is 10.7. The minimum absolute atomic E-state index is 0.0314. The summed E-state index contributed by atoms with van der Waals surface area (Å²) >= 11 is 0. The summed E-state index contributed by atoms with van der Waals surface area (Å²) in [6.45, 7) is 1.55. The highest BCUT2D eigenvalue weighted by molar-refractivity contribution is 5.95. The fourth-order valence-electron chi connectivity index (χ4n) is 4.53. The highest BCUT2D eigenvalue weighted by Crippen LogP contribution is 2.44. The van der Waals surface area contributed by atoms with Gasteiger partial charge in [0, 0.05) is 31.0 Å². The molecular formula is C22H22N2O3. The average Bonchev–Trinajstić information content (AvgIpc) is 3.44. The van der Waals surface area contributed by atoms with Crippen LogP contribution in [-0.4, -0.2) is 29.1 Å². The summed E-state index contributed by atoms with van der Waals surface area (Å²) in [5.41, 5.74) is 1.69. The van der Waals surface area contributed by atoms with Gasteiger partial charge in [-0.15, -0.1) is 0 Å². The highest BCUT2D eigenvalue weighted by Gasteiger charge is 2.37. The SMILES string of the molecule is O=C(c1ccc2c(c1)OCO2)N(Cc1cccnc1)C[C@H]1C[C@@H]2C=C[C@H]1C2. The highest BCUT2D eigenvalue weighted by atomic mass is 16.7. The molecule has 0 saturated heterocycles. The number of hydrogen-bond acceptors (Lipinski definition) is 4. The summed E-state index contributed by atoms with van der Waals surface area (Å²) in [5.74, 6) is 3.21. The molecule has 3 atom stereocenters. The Kier molecular flexibility index (Phi) is 4.07. The van der Waals surface area contributed by atoms with Crippen molar-refractivity contribution in [2.45, 2.75) is 19.4 Å². The Morgan fingerprint density at radius 3 is 2.85 bits per heavy atom. The van der Waals surface area contributed by atoms with Crippen molar-refractivity contribution in [1.29, 1.82) is 0 Å². The predicted molar refractivity (Wildman–Crippen MR) is 100 cm³/mol. The number of benzene rings is 1. The van der Waals surface area contributed by atoms with E-state index in [1.54, 1.807) is 12.3 Å². The minimum atomic E-state index is 0.0314. The third kappa shape index (κ3) is 3.18. The number of fused-ring (bicyclic) bond motifs is 3. The van der Waals surface area contributed by atoms with Crippen LogP contribution in [0.4, 0.5) is 0 Å². The molecule has 5 nitrogen and oxygen atoms in total. The van der Waals surface area contributed by atoms with Crippen LogP contribution >= 0.6 is 0 Å². The Morgan fingerprint density at radius 1 is 1.15 bits per heavy atom. The lowest BCUT2D eigenvalue weighted by atomic mass is 9.92. The lowest BCUT2D eigenvalue weighted by molar-refractivity contribution is 0.0704. The Balaban J connectivity index is 1.40. The normalized spacial score (nSPS) is 24.4. The molecule has 1 aromatic heterocycles. The van der Waals surface area contributed by atoms with Crippen molar-refractivity contribution < 1.29 is 14.3 Å². The average molecular weight is 362 g/mol. The maximum absolute atomic E-state index is 13.3. The number of carbonyl (C=O) groups excluding carboxylic acids is 1. The molecule has 0 N–H and O–H groups in total. The van der Waals surface area contributed by atoms with Gasteiger partial charge < -0.3 is 14.4 Å². The van der Waals surface area contributed by atoms with E-state index in [0.717, 1.165) is 12.1 Å². The van der Waals surface area contributed by atoms with Gasteiger partial charge in [0.2, 0.25) is 6.79 Å². The first kappa shape index (κ1) is 16.4. The number of pyridine rings is 1. The zero-order valence-electron chi connectivity index (χ0n) is 15.1. The molecule has 5 rings (SSSR count). The maximum Gasteiger partial charge on any atom is 0.254 e. The first-order chi connectivity index (χ1) is 13.3. The molecule has 1 aromatic carbocycles. The smallest absolute Gasteiger partial charge is 0.254 e. The molecule has 1 fully saturated rings. The molecular weight excluding hydrogens is 340 g/mol. The van der Waals surface area contributed by atoms with Crippen LogP contribution in [0.2, 0.25) is 0 Å². The van der Waals surface area contributed by atoms with Crippen LogP contribution in [-0.2, 0) is 6.54 Å². The van der Waals surface area contributed by atoms with Crippen LogP contribution in [0.1, 0.15) is 28.8 Å². The van der Waals surface area contributed by atoms with Crippen molar-refractivity contribution in [2.24, 2.45) is 17.8 Å². The van der Waals surface area contributed by atoms with Gasteiger partial charge in [0.25, 0.3) is 5.91 Å². The number of hydrogen-bond donors (Lipinski definition) is 0. The molecule has 0 unspecified atom stereocenters. The summed E-state index contributed by atoms with van der Waals surface area (Å²) in [5, 5.41) is 0. The largest absolute Gasteiger partial charge is 0.454 e. The molecule has 2 heterocycles. The van der Waals surface area contributed by atoms with E-state index in [1.165, 1.54) is 12.8 Å². The molecule has 2 aromatic rings. The van der Waals surface area contributed by atoms with Gasteiger partial charge in [-0.2, -0.15) is 0 Å². The zero-order valence-corrected chi connectivity index (χ0v) is 15.1. The summed E-state index contributed by atoms with van der Waals surface area (Å²) in [7, 11) is 0. The first-order valence-electron chi connectivity index (χ1n) is 9.52. The van der Waals surface area contributed by atoms with Gasteiger partial charge >= 0.3 is 0 Å². The topological polar surface area (TPSA) is 51.7 Å². The van der Waals surface area contributed by atoms with Crippen LogP contribution in [0.5, 0.6) is 11.5 Å². The number of rotatable bonds is 5. The molecule has 1 saturated carbocycles. The molecule has 0 radical (unpaired) electrons. The number of allylic oxidation sites excluding steroid dienone is 2. The molecule has 2 aliphatic carbocycles. The van der Waals surface area contributed by atoms with Crippen molar-refractivity contribution in [3.8, 4) is 11.5 Å². The number of carbonyl (C=O) groups is 1. The molecule has 1 amide bonds. The van der Waals surface area contributed by atoms with Crippen molar-refractivity contribution in [1.82, 2.24) is 9.88 Å². The van der Waals surface area contributed by atoms with Crippen molar-refractivity contribution in [2.75, 3.05) is 13.3 Å². The van der Waals surface area contributed by atoms with Crippen molar-refractivity contribution in [3.05, 3.63) is 66.0 Å². The molecule has 2 bridgehead atoms. The third-order valence-electron chi connectivity index (χ3n) is 5.87. The number of ether oxygens (including phenoxy) is 2. The van der Waals surface area contributed by atoms with Crippen molar-refractivity contribution >= 4 is 5.91 Å². The lowest BCUT2D eigenvalue weighted by Crippen LogP contribution is -2.36. The van der Waals surface area contributed by atoms with Crippen LogP contribution < -0.4 is 9.47 Å². The van der Waals surface area contributed by atoms with E-state index < -0.39 is 0 Å². The van der Waals surface area contributed by atoms with E-state index in [4.69, 9.17) is 9.47 Å². The Hall–Kier alpha value is -2.82. The molecule has 3 aliphatic rings. The van der Waals surface area contributed by atoms with Gasteiger partial charge in [0.1, 0.15) is 0 Å². The molecule has 1 aliphatic heterocycles. The van der Waals surface area contributed by atoms with Gasteiger partial charge in [-0.3, -0.25) is 9.78 Å². The van der Waals surface area contributed by atoms with Gasteiger partial charge in [0.05, 0.1) is 0 Å². The van der Waals surface area contributed by atoms with Gasteiger partial charge in [-0.25, -0.2) is 0 Å². The molecule has 27 heavy (non-hydrogen) atoms. The zero-order chi connectivity index (χ0) is 18.2. The summed E-state index contributed by atoms with van der Waals surface area (Å²) in [4.78, 5) is 19.5. The quantitative estimate of drug-likeness (QED) is 0.762. The van der Waals surface area contributed by atoms with E-state index in [-0.39, 0.29) is 12.7 Å². The molecule has 138 valence electrons. The van der Waals surface area contributed by atoms with Crippen molar-refractivity contribution in [3.63, 3.8) is 0 Å². The number of nitrogens with zero attached hydrogens (tertiary/aromatic N) is 2. The minimum Gasteiger partial charge on any atom is -0.454 e. The molecule has 5 heteroatoms. The van der Waals surface area contributed by atoms with Crippen LogP contribution in [0, 0.1) is 17.8 Å². The van der Waals surface area contributed by atoms with Crippen LogP contribution in [0.25, 0.3) is 0 Å². The second kappa shape index (κ2) is 6.72. The molecule has 0 spiro atoms. The summed E-state index contributed by atoms with van der Waals surface area (Å²) < 4.78 is 10.8. The van der Waals surface area contributed by atoms with Gasteiger partial charge in [-0.1, -0.05) is 18.2 Å². The maximum atomic E-state index is 13.3. The second-order valence-corrected chi connectivity index (χ2v) is 7.66. The van der Waals surface area contributed by atoms with Gasteiger partial charge in [-0.05, 0) is 60.4 Å². The lowest BCUT2D eigenvalue weighted by Gasteiger charge is -2.29. The van der Waals surface area contributed by atoms with E-state index in [0.29, 0.717) is 41.4 Å². The Labute approximate surface area is 158 Å². The van der Waals surface area contributed by atoms with Crippen LogP contribution in [0.3, 0.4) is 0 Å². The number of amides is 1. The summed E-state index contributed by atoms with van der Waals surface area (Å²) in [6, 6.07) is 9.37.